The van der Waals surface area contributed by atoms with Crippen molar-refractivity contribution in [2.45, 2.75) is 27.2 Å². The maximum atomic E-state index is 4.90. The molecule has 0 aromatic carbocycles. The molecule has 4 nitrogen and oxygen atoms in total. The molecule has 22 heavy (non-hydrogen) atoms. The van der Waals surface area contributed by atoms with Crippen LogP contribution in [0.2, 0.25) is 0 Å². The second-order valence-electron chi connectivity index (χ2n) is 6.29. The summed E-state index contributed by atoms with van der Waals surface area (Å²) in [5.74, 6) is 1.05. The topological polar surface area (TPSA) is 33.1 Å². The Morgan fingerprint density at radius 3 is 2.41 bits per heavy atom. The first-order valence-corrected chi connectivity index (χ1v) is 8.19. The van der Waals surface area contributed by atoms with Crippen molar-refractivity contribution in [2.24, 2.45) is 0 Å². The van der Waals surface area contributed by atoms with E-state index in [0.717, 1.165) is 45.0 Å². The molecular weight excluding hydrogens is 272 g/mol. The van der Waals surface area contributed by atoms with Gasteiger partial charge < -0.3 is 14.8 Å². The lowest BCUT2D eigenvalue weighted by Crippen LogP contribution is -2.44. The second-order valence-corrected chi connectivity index (χ2v) is 6.29. The van der Waals surface area contributed by atoms with Gasteiger partial charge in [-0.25, -0.2) is 4.98 Å². The normalized spacial score (nSPS) is 16.1. The average Bonchev–Trinajstić information content (AvgIpc) is 2.85. The lowest BCUT2D eigenvalue weighted by Gasteiger charge is -2.27. The summed E-state index contributed by atoms with van der Waals surface area (Å²) in [6.45, 7) is 12.0. The molecule has 0 atom stereocenters. The first-order chi connectivity index (χ1) is 10.6. The van der Waals surface area contributed by atoms with Gasteiger partial charge in [0.05, 0.1) is 0 Å². The number of aromatic nitrogens is 2. The molecule has 3 rings (SSSR count). The van der Waals surface area contributed by atoms with Crippen molar-refractivity contribution in [2.75, 3.05) is 32.7 Å². The van der Waals surface area contributed by atoms with Crippen molar-refractivity contribution in [3.05, 3.63) is 46.9 Å². The van der Waals surface area contributed by atoms with E-state index in [4.69, 9.17) is 4.98 Å². The number of aryl methyl sites for hydroxylation is 3. The van der Waals surface area contributed by atoms with Gasteiger partial charge in [-0.15, -0.1) is 0 Å². The Hall–Kier alpha value is -1.65. The lowest BCUT2D eigenvalue weighted by atomic mass is 10.2. The van der Waals surface area contributed by atoms with Gasteiger partial charge in [-0.05, 0) is 50.6 Å². The van der Waals surface area contributed by atoms with E-state index in [1.807, 2.05) is 0 Å². The summed E-state index contributed by atoms with van der Waals surface area (Å²) in [6.07, 6.45) is 1.02. The summed E-state index contributed by atoms with van der Waals surface area (Å²) in [7, 11) is 0. The maximum Gasteiger partial charge on any atom is 0.137 e. The van der Waals surface area contributed by atoms with Crippen molar-refractivity contribution in [1.29, 1.82) is 0 Å². The molecule has 1 aliphatic rings. The fourth-order valence-corrected chi connectivity index (χ4v) is 3.20. The number of nitrogens with one attached hydrogen (secondary N) is 1. The van der Waals surface area contributed by atoms with Crippen molar-refractivity contribution < 1.29 is 0 Å². The average molecular weight is 298 g/mol. The number of rotatable bonds is 4. The minimum Gasteiger partial charge on any atom is -0.314 e. The molecule has 0 aliphatic carbocycles. The molecule has 0 saturated carbocycles. The third kappa shape index (κ3) is 3.39. The molecule has 1 N–H and O–H groups in total. The van der Waals surface area contributed by atoms with Gasteiger partial charge in [-0.1, -0.05) is 0 Å². The third-order valence-electron chi connectivity index (χ3n) is 4.40. The van der Waals surface area contributed by atoms with Gasteiger partial charge in [0.15, 0.2) is 0 Å². The van der Waals surface area contributed by atoms with Gasteiger partial charge in [0, 0.05) is 56.2 Å². The minimum absolute atomic E-state index is 1.02. The Morgan fingerprint density at radius 2 is 1.73 bits per heavy atom. The first kappa shape index (κ1) is 15.3. The molecular formula is C18H26N4. The lowest BCUT2D eigenvalue weighted by molar-refractivity contribution is 0.243. The molecule has 0 unspecified atom stereocenters. The smallest absolute Gasteiger partial charge is 0.137 e. The maximum absolute atomic E-state index is 4.90. The number of hydrogen-bond acceptors (Lipinski definition) is 3. The van der Waals surface area contributed by atoms with Crippen LogP contribution in [0, 0.1) is 20.8 Å². The van der Waals surface area contributed by atoms with Gasteiger partial charge in [0.2, 0.25) is 0 Å². The fourth-order valence-electron chi connectivity index (χ4n) is 3.20. The molecule has 2 aromatic heterocycles. The van der Waals surface area contributed by atoms with Crippen molar-refractivity contribution in [1.82, 2.24) is 19.8 Å². The number of nitrogens with zero attached hydrogens (tertiary/aromatic N) is 3. The van der Waals surface area contributed by atoms with Crippen LogP contribution in [0.4, 0.5) is 0 Å². The highest BCUT2D eigenvalue weighted by Crippen LogP contribution is 2.17. The summed E-state index contributed by atoms with van der Waals surface area (Å²) in [5.41, 5.74) is 4.96. The van der Waals surface area contributed by atoms with Crippen LogP contribution in [-0.4, -0.2) is 47.2 Å². The van der Waals surface area contributed by atoms with Crippen LogP contribution >= 0.6 is 0 Å². The molecule has 4 heteroatoms. The van der Waals surface area contributed by atoms with Crippen LogP contribution in [0.15, 0.2) is 24.3 Å². The van der Waals surface area contributed by atoms with Gasteiger partial charge in [0.25, 0.3) is 0 Å². The van der Waals surface area contributed by atoms with Crippen LogP contribution in [0.3, 0.4) is 0 Å². The van der Waals surface area contributed by atoms with Gasteiger partial charge in [-0.3, -0.25) is 0 Å². The summed E-state index contributed by atoms with van der Waals surface area (Å²) < 4.78 is 2.24. The van der Waals surface area contributed by atoms with E-state index >= 15 is 0 Å². The number of pyridine rings is 1. The molecule has 2 aromatic rings. The van der Waals surface area contributed by atoms with Crippen LogP contribution in [0.1, 0.15) is 22.6 Å². The van der Waals surface area contributed by atoms with Crippen LogP contribution in [0.5, 0.6) is 0 Å². The van der Waals surface area contributed by atoms with Crippen LogP contribution < -0.4 is 5.32 Å². The molecule has 1 aliphatic heterocycles. The minimum atomic E-state index is 1.02. The van der Waals surface area contributed by atoms with E-state index in [1.54, 1.807) is 0 Å². The fraction of sp³-hybridized carbons (Fsp3) is 0.500. The zero-order chi connectivity index (χ0) is 15.5. The SMILES string of the molecule is Cc1cc(CCN2CCNCC2)nc(-n2c(C)ccc2C)c1. The van der Waals surface area contributed by atoms with Crippen molar-refractivity contribution in [3.8, 4) is 5.82 Å². The molecule has 1 fully saturated rings. The number of piperazine rings is 1. The van der Waals surface area contributed by atoms with Crippen molar-refractivity contribution >= 4 is 0 Å². The highest BCUT2D eigenvalue weighted by Gasteiger charge is 2.11. The largest absolute Gasteiger partial charge is 0.314 e. The molecule has 0 radical (unpaired) electrons. The van der Waals surface area contributed by atoms with E-state index in [1.165, 1.54) is 22.6 Å². The molecule has 118 valence electrons. The van der Waals surface area contributed by atoms with Crippen LogP contribution in [0.25, 0.3) is 5.82 Å². The summed E-state index contributed by atoms with van der Waals surface area (Å²) in [4.78, 5) is 7.42. The Balaban J connectivity index is 1.78. The molecule has 3 heterocycles. The number of hydrogen-bond donors (Lipinski definition) is 1. The predicted octanol–water partition coefficient (Wildman–Crippen LogP) is 2.25. The Kier molecular flexibility index (Phi) is 4.60. The molecule has 1 saturated heterocycles. The first-order valence-electron chi connectivity index (χ1n) is 8.19. The summed E-state index contributed by atoms with van der Waals surface area (Å²) in [5, 5.41) is 3.40. The summed E-state index contributed by atoms with van der Waals surface area (Å²) in [6, 6.07) is 8.70. The Morgan fingerprint density at radius 1 is 1.05 bits per heavy atom. The van der Waals surface area contributed by atoms with E-state index in [-0.39, 0.29) is 0 Å². The molecule has 0 spiro atoms. The van der Waals surface area contributed by atoms with Gasteiger partial charge in [-0.2, -0.15) is 0 Å². The second kappa shape index (κ2) is 6.63. The zero-order valence-corrected chi connectivity index (χ0v) is 13.9. The highest BCUT2D eigenvalue weighted by molar-refractivity contribution is 5.35. The third-order valence-corrected chi connectivity index (χ3v) is 4.40. The zero-order valence-electron chi connectivity index (χ0n) is 13.9. The quantitative estimate of drug-likeness (QED) is 0.940. The van der Waals surface area contributed by atoms with E-state index in [0.29, 0.717) is 0 Å². The van der Waals surface area contributed by atoms with Crippen LogP contribution in [-0.2, 0) is 6.42 Å². The Labute approximate surface area is 133 Å². The van der Waals surface area contributed by atoms with Gasteiger partial charge in [0.1, 0.15) is 5.82 Å². The predicted molar refractivity (Wildman–Crippen MR) is 90.8 cm³/mol. The highest BCUT2D eigenvalue weighted by atomic mass is 15.2. The molecule has 0 amide bonds. The van der Waals surface area contributed by atoms with E-state index < -0.39 is 0 Å². The van der Waals surface area contributed by atoms with Crippen molar-refractivity contribution in [3.63, 3.8) is 0 Å². The standard InChI is InChI=1S/C18H26N4/c1-14-12-17(6-9-21-10-7-19-8-11-21)20-18(13-14)22-15(2)4-5-16(22)3/h4-5,12-13,19H,6-11H2,1-3H3. The van der Waals surface area contributed by atoms with E-state index in [9.17, 15) is 0 Å². The summed E-state index contributed by atoms with van der Waals surface area (Å²) >= 11 is 0. The Bertz CT molecular complexity index is 619. The van der Waals surface area contributed by atoms with E-state index in [2.05, 4.69) is 59.8 Å². The molecule has 0 bridgehead atoms. The van der Waals surface area contributed by atoms with Gasteiger partial charge >= 0.3 is 0 Å². The monoisotopic (exact) mass is 298 g/mol.